The van der Waals surface area contributed by atoms with Crippen molar-refractivity contribution in [3.8, 4) is 23.2 Å². The predicted molar refractivity (Wildman–Crippen MR) is 113 cm³/mol. The highest BCUT2D eigenvalue weighted by atomic mass is 32.2. The summed E-state index contributed by atoms with van der Waals surface area (Å²) in [5.41, 5.74) is 1.04. The van der Waals surface area contributed by atoms with Crippen LogP contribution in [0.25, 0.3) is 22.3 Å². The lowest BCUT2D eigenvalue weighted by atomic mass is 10.1. The summed E-state index contributed by atoms with van der Waals surface area (Å²) in [6.45, 7) is 1.20. The number of nitrogens with zero attached hydrogens (tertiary/aromatic N) is 3. The topological polar surface area (TPSA) is 97.0 Å². The monoisotopic (exact) mass is 502 g/mol. The maximum absolute atomic E-state index is 12.8. The summed E-state index contributed by atoms with van der Waals surface area (Å²) in [7, 11) is -4.52. The van der Waals surface area contributed by atoms with Crippen LogP contribution < -0.4 is 9.46 Å². The average Bonchev–Trinajstić information content (AvgIpc) is 3.06. The molecule has 3 rings (SSSR count). The van der Waals surface area contributed by atoms with E-state index in [0.717, 1.165) is 12.3 Å². The fraction of sp³-hybridized carbons (Fsp3) is 0.333. The molecular weight excluding hydrogens is 483 g/mol. The molecule has 0 amide bonds. The van der Waals surface area contributed by atoms with E-state index in [-0.39, 0.29) is 23.0 Å². The molecule has 2 aromatic heterocycles. The van der Waals surface area contributed by atoms with Gasteiger partial charge in [0.25, 0.3) is 0 Å². The molecule has 1 aromatic carbocycles. The van der Waals surface area contributed by atoms with E-state index in [4.69, 9.17) is 0 Å². The molecule has 1 atom stereocenters. The molecule has 0 fully saturated rings. The highest BCUT2D eigenvalue weighted by Crippen LogP contribution is 2.37. The second kappa shape index (κ2) is 9.19. The van der Waals surface area contributed by atoms with E-state index >= 15 is 0 Å². The molecule has 0 unspecified atom stereocenters. The third kappa shape index (κ3) is 4.97. The number of hydrogen-bond donors (Lipinski definition) is 1. The molecule has 0 aliphatic rings. The Kier molecular flexibility index (Phi) is 6.86. The van der Waals surface area contributed by atoms with Crippen LogP contribution in [0, 0.1) is 11.3 Å². The number of rotatable bonds is 7. The van der Waals surface area contributed by atoms with E-state index in [9.17, 15) is 35.6 Å². The second-order valence-electron chi connectivity index (χ2n) is 7.62. The minimum Gasteiger partial charge on any atom is -0.435 e. The van der Waals surface area contributed by atoms with Gasteiger partial charge in [-0.25, -0.2) is 8.42 Å². The maximum atomic E-state index is 12.8. The van der Waals surface area contributed by atoms with Gasteiger partial charge in [0.1, 0.15) is 22.8 Å². The van der Waals surface area contributed by atoms with Crippen LogP contribution in [-0.2, 0) is 10.0 Å². The Balaban J connectivity index is 2.12. The van der Waals surface area contributed by atoms with Gasteiger partial charge in [-0.3, -0.25) is 4.98 Å². The van der Waals surface area contributed by atoms with Crippen molar-refractivity contribution in [3.05, 3.63) is 42.1 Å². The van der Waals surface area contributed by atoms with Crippen molar-refractivity contribution in [3.63, 3.8) is 0 Å². The first kappa shape index (κ1) is 25.4. The minimum atomic E-state index is -4.77. The minimum absolute atomic E-state index is 0.114. The van der Waals surface area contributed by atoms with Crippen molar-refractivity contribution < 1.29 is 35.1 Å². The van der Waals surface area contributed by atoms with Crippen molar-refractivity contribution in [1.82, 2.24) is 14.3 Å². The zero-order valence-electron chi connectivity index (χ0n) is 18.1. The molecule has 0 saturated heterocycles. The highest BCUT2D eigenvalue weighted by molar-refractivity contribution is 7.89. The Morgan fingerprint density at radius 1 is 1.15 bits per heavy atom. The summed E-state index contributed by atoms with van der Waals surface area (Å²) in [5.74, 6) is -0.114. The molecule has 0 spiro atoms. The third-order valence-electron chi connectivity index (χ3n) is 4.94. The summed E-state index contributed by atoms with van der Waals surface area (Å²) >= 11 is 0. The van der Waals surface area contributed by atoms with Crippen LogP contribution in [0.3, 0.4) is 0 Å². The number of alkyl halides is 5. The van der Waals surface area contributed by atoms with Crippen molar-refractivity contribution >= 4 is 20.9 Å². The molecule has 34 heavy (non-hydrogen) atoms. The predicted octanol–water partition coefficient (Wildman–Crippen LogP) is 4.99. The van der Waals surface area contributed by atoms with Crippen LogP contribution in [0.1, 0.15) is 32.4 Å². The van der Waals surface area contributed by atoms with Crippen LogP contribution in [0.15, 0.2) is 41.4 Å². The van der Waals surface area contributed by atoms with Gasteiger partial charge in [-0.1, -0.05) is 0 Å². The Morgan fingerprint density at radius 2 is 1.82 bits per heavy atom. The summed E-state index contributed by atoms with van der Waals surface area (Å²) in [6.07, 6.45) is -3.89. The number of benzene rings is 1. The maximum Gasteiger partial charge on any atom is 0.404 e. The fourth-order valence-electron chi connectivity index (χ4n) is 3.41. The molecular formula is C21H19F5N4O3S. The van der Waals surface area contributed by atoms with Crippen molar-refractivity contribution in [2.45, 2.75) is 50.5 Å². The van der Waals surface area contributed by atoms with E-state index in [1.165, 1.54) is 24.3 Å². The first-order chi connectivity index (χ1) is 15.8. The van der Waals surface area contributed by atoms with Gasteiger partial charge in [0.05, 0.1) is 22.5 Å². The highest BCUT2D eigenvalue weighted by Gasteiger charge is 2.39. The smallest absolute Gasteiger partial charge is 0.404 e. The van der Waals surface area contributed by atoms with Gasteiger partial charge in [-0.05, 0) is 45.0 Å². The largest absolute Gasteiger partial charge is 0.435 e. The van der Waals surface area contributed by atoms with Crippen LogP contribution in [0.4, 0.5) is 22.0 Å². The number of ether oxygens (including phenoxy) is 1. The number of nitriles is 1. The lowest BCUT2D eigenvalue weighted by molar-refractivity contribution is -0.147. The molecule has 13 heteroatoms. The number of hydrogen-bond acceptors (Lipinski definition) is 5. The third-order valence-corrected chi connectivity index (χ3v) is 6.47. The summed E-state index contributed by atoms with van der Waals surface area (Å²) < 4.78 is 95.9. The number of pyridine rings is 1. The number of aromatic nitrogens is 2. The molecule has 3 aromatic rings. The lowest BCUT2D eigenvalue weighted by Gasteiger charge is -2.17. The van der Waals surface area contributed by atoms with Crippen molar-refractivity contribution in [2.75, 3.05) is 0 Å². The first-order valence-corrected chi connectivity index (χ1v) is 11.3. The van der Waals surface area contributed by atoms with Crippen molar-refractivity contribution in [1.29, 1.82) is 5.26 Å². The molecule has 2 heterocycles. The van der Waals surface area contributed by atoms with Gasteiger partial charge in [-0.2, -0.15) is 31.9 Å². The fourth-order valence-corrected chi connectivity index (χ4v) is 4.59. The van der Waals surface area contributed by atoms with E-state index in [0.29, 0.717) is 23.5 Å². The lowest BCUT2D eigenvalue weighted by Crippen LogP contribution is -2.42. The summed E-state index contributed by atoms with van der Waals surface area (Å²) in [5, 5.41) is 10.2. The first-order valence-electron chi connectivity index (χ1n) is 9.84. The van der Waals surface area contributed by atoms with E-state index in [1.54, 1.807) is 23.1 Å². The standard InChI is InChI=1S/C21H19F5N4O3S/c1-11(2)30-18-8-13(33-20(22)23)4-6-15(18)16(9-27)19(30)17-7-5-14(10-28-17)34(31,32)29-12(3)21(24,25)26/h4-8,10-12,20,29H,1-3H3/t12-/m1/s1. The summed E-state index contributed by atoms with van der Waals surface area (Å²) in [6, 6.07) is 5.90. The van der Waals surface area contributed by atoms with Gasteiger partial charge in [0.2, 0.25) is 10.0 Å². The number of sulfonamides is 1. The van der Waals surface area contributed by atoms with Crippen molar-refractivity contribution in [2.24, 2.45) is 0 Å². The zero-order valence-corrected chi connectivity index (χ0v) is 18.9. The number of fused-ring (bicyclic) bond motifs is 1. The molecule has 7 nitrogen and oxygen atoms in total. The molecule has 0 radical (unpaired) electrons. The molecule has 0 bridgehead atoms. The van der Waals surface area contributed by atoms with E-state index < -0.39 is 33.7 Å². The molecule has 0 aliphatic carbocycles. The van der Waals surface area contributed by atoms with Gasteiger partial charge in [0, 0.05) is 23.7 Å². The van der Waals surface area contributed by atoms with Gasteiger partial charge in [-0.15, -0.1) is 0 Å². The van der Waals surface area contributed by atoms with Gasteiger partial charge < -0.3 is 9.30 Å². The Labute approximate surface area is 191 Å². The Morgan fingerprint density at radius 3 is 2.32 bits per heavy atom. The quantitative estimate of drug-likeness (QED) is 0.460. The van der Waals surface area contributed by atoms with Crippen LogP contribution in [0.5, 0.6) is 5.75 Å². The Hall–Kier alpha value is -3.24. The van der Waals surface area contributed by atoms with Crippen LogP contribution in [0.2, 0.25) is 0 Å². The number of nitrogens with one attached hydrogen (secondary N) is 1. The molecule has 1 N–H and O–H groups in total. The van der Waals surface area contributed by atoms with Crippen LogP contribution in [-0.4, -0.2) is 36.8 Å². The molecule has 182 valence electrons. The van der Waals surface area contributed by atoms with Gasteiger partial charge in [0.15, 0.2) is 0 Å². The van der Waals surface area contributed by atoms with E-state index in [2.05, 4.69) is 15.8 Å². The average molecular weight is 502 g/mol. The second-order valence-corrected chi connectivity index (χ2v) is 9.33. The van der Waals surface area contributed by atoms with Crippen LogP contribution >= 0.6 is 0 Å². The SMILES string of the molecule is CC(C)n1c(-c2ccc(S(=O)(=O)N[C@H](C)C(F)(F)F)cn2)c(C#N)c2ccc(OC(F)F)cc21. The zero-order chi connectivity index (χ0) is 25.4. The normalized spacial score (nSPS) is 13.4. The molecule has 0 saturated carbocycles. The van der Waals surface area contributed by atoms with Gasteiger partial charge >= 0.3 is 12.8 Å². The molecule has 0 aliphatic heterocycles. The summed E-state index contributed by atoms with van der Waals surface area (Å²) in [4.78, 5) is 3.58. The van der Waals surface area contributed by atoms with E-state index in [1.807, 2.05) is 0 Å². The Bertz CT molecular complexity index is 1340. The number of halogens is 5.